The Bertz CT molecular complexity index is 1900. The minimum absolute atomic E-state index is 0. The van der Waals surface area contributed by atoms with Crippen LogP contribution in [0, 0.1) is 11.6 Å². The Hall–Kier alpha value is -6.29. The molecule has 0 atom stereocenters. The molecule has 1 aliphatic heterocycles. The highest BCUT2D eigenvalue weighted by Crippen LogP contribution is 2.19. The number of esters is 2. The lowest BCUT2D eigenvalue weighted by Crippen LogP contribution is -2.09. The van der Waals surface area contributed by atoms with Gasteiger partial charge in [-0.2, -0.15) is 0 Å². The Kier molecular flexibility index (Phi) is 12.7. The van der Waals surface area contributed by atoms with Crippen molar-refractivity contribution in [1.29, 1.82) is 0 Å². The molecule has 0 fully saturated rings. The lowest BCUT2D eigenvalue weighted by Gasteiger charge is -2.07. The van der Waals surface area contributed by atoms with Crippen LogP contribution in [-0.2, 0) is 22.4 Å². The second-order valence-electron chi connectivity index (χ2n) is 10.1. The van der Waals surface area contributed by atoms with Crippen molar-refractivity contribution in [2.45, 2.75) is 20.3 Å². The number of rotatable bonds is 7. The lowest BCUT2D eigenvalue weighted by molar-refractivity contribution is -0.136. The molecule has 0 spiro atoms. The molecule has 5 aromatic carbocycles. The Balaban J connectivity index is 0.000000199. The number of aliphatic carboxylic acids is 1. The number of carbonyl (C=O) groups excluding carboxylic acids is 3. The first-order valence-electron chi connectivity index (χ1n) is 14.0. The van der Waals surface area contributed by atoms with Crippen molar-refractivity contribution in [3.63, 3.8) is 0 Å². The summed E-state index contributed by atoms with van der Waals surface area (Å²) in [6.07, 6.45) is 0.626. The molecule has 2 N–H and O–H groups in total. The lowest BCUT2D eigenvalue weighted by atomic mass is 9.98. The molecule has 0 saturated carbocycles. The largest absolute Gasteiger partial charge is 0.481 e. The van der Waals surface area contributed by atoms with E-state index in [4.69, 9.17) is 10.2 Å². The first-order valence-corrected chi connectivity index (χ1v) is 14.0. The smallest absolute Gasteiger partial charge is 0.346 e. The van der Waals surface area contributed by atoms with Crippen molar-refractivity contribution in [1.82, 2.24) is 0 Å². The van der Waals surface area contributed by atoms with E-state index in [0.717, 1.165) is 28.8 Å². The summed E-state index contributed by atoms with van der Waals surface area (Å²) >= 11 is 0. The molecule has 1 aliphatic rings. The molecule has 0 bridgehead atoms. The van der Waals surface area contributed by atoms with E-state index in [1.807, 2.05) is 24.3 Å². The molecule has 5 aromatic rings. The van der Waals surface area contributed by atoms with Gasteiger partial charge >= 0.3 is 23.9 Å². The molecule has 1 heterocycles. The highest BCUT2D eigenvalue weighted by Gasteiger charge is 2.28. The van der Waals surface area contributed by atoms with Gasteiger partial charge in [0.2, 0.25) is 0 Å². The first kappa shape index (κ1) is 36.2. The van der Waals surface area contributed by atoms with Crippen LogP contribution in [0.2, 0.25) is 0 Å². The van der Waals surface area contributed by atoms with E-state index < -0.39 is 35.5 Å². The van der Waals surface area contributed by atoms with Gasteiger partial charge in [-0.3, -0.25) is 9.59 Å². The predicted molar refractivity (Wildman–Crippen MR) is 173 cm³/mol. The molecular formula is C38H30F2O8. The summed E-state index contributed by atoms with van der Waals surface area (Å²) in [6.45, 7) is 0. The zero-order valence-corrected chi connectivity index (χ0v) is 24.6. The summed E-state index contributed by atoms with van der Waals surface area (Å²) in [5.74, 6) is -4.26. The number of ketones is 1. The number of carboxylic acids is 2. The van der Waals surface area contributed by atoms with Crippen LogP contribution < -0.4 is 0 Å². The number of hydrogen-bond donors (Lipinski definition) is 2. The molecule has 0 amide bonds. The third-order valence-electron chi connectivity index (χ3n) is 6.83. The highest BCUT2D eigenvalue weighted by molar-refractivity contribution is 6.15. The van der Waals surface area contributed by atoms with Gasteiger partial charge in [-0.05, 0) is 77.7 Å². The first-order chi connectivity index (χ1) is 22.5. The fraction of sp³-hybridized carbons (Fsp3) is 0.0789. The highest BCUT2D eigenvalue weighted by atomic mass is 19.1. The molecule has 0 aromatic heterocycles. The molecule has 6 rings (SSSR count). The zero-order chi connectivity index (χ0) is 33.9. The Morgan fingerprint density at radius 3 is 1.56 bits per heavy atom. The van der Waals surface area contributed by atoms with Crippen molar-refractivity contribution in [2.24, 2.45) is 0 Å². The van der Waals surface area contributed by atoms with E-state index in [1.165, 1.54) is 36.4 Å². The maximum atomic E-state index is 12.8. The number of halogens is 2. The van der Waals surface area contributed by atoms with Gasteiger partial charge in [0.05, 0.1) is 23.1 Å². The van der Waals surface area contributed by atoms with Crippen molar-refractivity contribution in [3.05, 3.63) is 177 Å². The molecule has 10 heteroatoms. The van der Waals surface area contributed by atoms with Gasteiger partial charge in [-0.1, -0.05) is 74.2 Å². The number of aromatic carboxylic acids is 1. The van der Waals surface area contributed by atoms with Crippen LogP contribution in [0.3, 0.4) is 0 Å². The Morgan fingerprint density at radius 1 is 0.583 bits per heavy atom. The summed E-state index contributed by atoms with van der Waals surface area (Å²) < 4.78 is 29.9. The van der Waals surface area contributed by atoms with E-state index in [9.17, 15) is 32.8 Å². The van der Waals surface area contributed by atoms with E-state index in [-0.39, 0.29) is 36.4 Å². The quantitative estimate of drug-likeness (QED) is 0.105. The van der Waals surface area contributed by atoms with Gasteiger partial charge in [0.25, 0.3) is 0 Å². The SMILES string of the molecule is C.O=C(O)Cc1ccccc1Cc1ccc(F)cc1.O=C(O)c1ccccc1C(=O)c1ccc(F)cc1.O=C1OC(=O)c2ccccc21. The van der Waals surface area contributed by atoms with E-state index in [1.54, 1.807) is 48.5 Å². The molecule has 48 heavy (non-hydrogen) atoms. The van der Waals surface area contributed by atoms with Gasteiger partial charge in [0.15, 0.2) is 5.78 Å². The summed E-state index contributed by atoms with van der Waals surface area (Å²) in [7, 11) is 0. The standard InChI is InChI=1S/C15H13FO2.C14H9FO3.C8H4O3.CH4/c16-14-7-5-11(6-8-14)9-12-3-1-2-4-13(12)10-15(17)18;15-10-7-5-9(6-8-10)13(16)11-3-1-2-4-12(11)14(17)18;9-7-5-3-1-2-4-6(5)8(10)11-7;/h1-8H,9-10H2,(H,17,18);1-8H,(H,17,18);1-4H;1H4. The van der Waals surface area contributed by atoms with E-state index in [2.05, 4.69) is 4.74 Å². The number of hydrogen-bond acceptors (Lipinski definition) is 6. The molecule has 0 aliphatic carbocycles. The molecule has 0 unspecified atom stereocenters. The van der Waals surface area contributed by atoms with Crippen LogP contribution in [0.15, 0.2) is 121 Å². The van der Waals surface area contributed by atoms with Crippen LogP contribution >= 0.6 is 0 Å². The number of benzene rings is 5. The monoisotopic (exact) mass is 652 g/mol. The van der Waals surface area contributed by atoms with E-state index in [0.29, 0.717) is 17.5 Å². The number of carbonyl (C=O) groups is 5. The van der Waals surface area contributed by atoms with Crippen LogP contribution in [0.4, 0.5) is 8.78 Å². The normalized spacial score (nSPS) is 11.0. The van der Waals surface area contributed by atoms with Crippen molar-refractivity contribution in [2.75, 3.05) is 0 Å². The van der Waals surface area contributed by atoms with Crippen molar-refractivity contribution < 1.29 is 47.7 Å². The third kappa shape index (κ3) is 9.60. The molecule has 0 saturated heterocycles. The minimum Gasteiger partial charge on any atom is -0.481 e. The number of fused-ring (bicyclic) bond motifs is 1. The number of ether oxygens (including phenoxy) is 1. The maximum Gasteiger partial charge on any atom is 0.346 e. The molecule has 244 valence electrons. The number of cyclic esters (lactones) is 2. The maximum absolute atomic E-state index is 12.8. The summed E-state index contributed by atoms with van der Waals surface area (Å²) in [6, 6.07) is 31.1. The fourth-order valence-electron chi connectivity index (χ4n) is 4.55. The van der Waals surface area contributed by atoms with Crippen LogP contribution in [-0.4, -0.2) is 39.9 Å². The molecule has 0 radical (unpaired) electrons. The van der Waals surface area contributed by atoms with Crippen LogP contribution in [0.5, 0.6) is 0 Å². The van der Waals surface area contributed by atoms with Gasteiger partial charge in [-0.25, -0.2) is 23.2 Å². The summed E-state index contributed by atoms with van der Waals surface area (Å²) in [5.41, 5.74) is 3.73. The van der Waals surface area contributed by atoms with Crippen LogP contribution in [0.25, 0.3) is 0 Å². The molecular weight excluding hydrogens is 622 g/mol. The van der Waals surface area contributed by atoms with Crippen LogP contribution in [0.1, 0.15) is 71.1 Å². The van der Waals surface area contributed by atoms with Gasteiger partial charge in [0, 0.05) is 11.1 Å². The van der Waals surface area contributed by atoms with Crippen molar-refractivity contribution >= 4 is 29.7 Å². The second kappa shape index (κ2) is 16.9. The number of carboxylic acid groups (broad SMARTS) is 2. The minimum atomic E-state index is -1.17. The zero-order valence-electron chi connectivity index (χ0n) is 24.6. The Morgan fingerprint density at radius 2 is 1.04 bits per heavy atom. The predicted octanol–water partition coefficient (Wildman–Crippen LogP) is 7.43. The van der Waals surface area contributed by atoms with Gasteiger partial charge in [-0.15, -0.1) is 0 Å². The van der Waals surface area contributed by atoms with Gasteiger partial charge in [0.1, 0.15) is 11.6 Å². The topological polar surface area (TPSA) is 135 Å². The summed E-state index contributed by atoms with van der Waals surface area (Å²) in [5, 5.41) is 17.8. The average Bonchev–Trinajstić information content (AvgIpc) is 3.36. The van der Waals surface area contributed by atoms with Gasteiger partial charge < -0.3 is 14.9 Å². The summed E-state index contributed by atoms with van der Waals surface area (Å²) in [4.78, 5) is 55.5. The third-order valence-corrected chi connectivity index (χ3v) is 6.83. The van der Waals surface area contributed by atoms with Crippen molar-refractivity contribution in [3.8, 4) is 0 Å². The fourth-order valence-corrected chi connectivity index (χ4v) is 4.55. The molecule has 8 nitrogen and oxygen atoms in total. The average molecular weight is 653 g/mol. The second-order valence-corrected chi connectivity index (χ2v) is 10.1. The Labute approximate surface area is 274 Å². The van der Waals surface area contributed by atoms with E-state index >= 15 is 0 Å².